The van der Waals surface area contributed by atoms with Crippen LogP contribution in [0.2, 0.25) is 0 Å². The van der Waals surface area contributed by atoms with Gasteiger partial charge in [-0.15, -0.1) is 0 Å². The van der Waals surface area contributed by atoms with Crippen molar-refractivity contribution in [2.75, 3.05) is 6.54 Å². The quantitative estimate of drug-likeness (QED) is 0.667. The average Bonchev–Trinajstić information content (AvgIpc) is 2.38. The Bertz CT molecular complexity index is 680. The minimum Gasteiger partial charge on any atom is -0.315 e. The van der Waals surface area contributed by atoms with Gasteiger partial charge < -0.3 is 5.73 Å². The van der Waals surface area contributed by atoms with E-state index in [4.69, 9.17) is 5.73 Å². The molecule has 0 saturated carbocycles. The Morgan fingerprint density at radius 1 is 1.29 bits per heavy atom. The van der Waals surface area contributed by atoms with Gasteiger partial charge in [0.1, 0.15) is 10.7 Å². The number of hydrogen-bond acceptors (Lipinski definition) is 5. The van der Waals surface area contributed by atoms with Crippen LogP contribution >= 0.6 is 0 Å². The van der Waals surface area contributed by atoms with Crippen LogP contribution in [0.3, 0.4) is 0 Å². The number of halogens is 2. The molecule has 1 aromatic carbocycles. The number of nitrogens with two attached hydrogens (primary N) is 1. The molecular weight excluding hydrogens is 308 g/mol. The molecule has 1 atom stereocenters. The lowest BCUT2D eigenvalue weighted by Gasteiger charge is -2.31. The predicted octanol–water partition coefficient (Wildman–Crippen LogP) is 1.33. The molecule has 0 aliphatic carbocycles. The highest BCUT2D eigenvalue weighted by atomic mass is 32.2. The zero-order chi connectivity index (χ0) is 15.8. The summed E-state index contributed by atoms with van der Waals surface area (Å²) in [6.45, 7) is 0.0914. The molecular formula is C11H13F2N3O4S. The lowest BCUT2D eigenvalue weighted by atomic mass is 10.1. The molecule has 21 heavy (non-hydrogen) atoms. The first-order valence-corrected chi connectivity index (χ1v) is 7.60. The first-order valence-electron chi connectivity index (χ1n) is 6.16. The molecule has 7 nitrogen and oxygen atoms in total. The van der Waals surface area contributed by atoms with Gasteiger partial charge in [0, 0.05) is 18.7 Å². The van der Waals surface area contributed by atoms with Crippen LogP contribution in [0.25, 0.3) is 0 Å². The molecule has 0 amide bonds. The standard InChI is InChI=1S/C11H13F2N3O4S/c12-7-5-8(13)10(6-9(7)16(17)18)21(19,20)15-4-2-1-3-11(15)14/h5-6,11H,1-4,14H2. The number of hydrogen-bond donors (Lipinski definition) is 1. The average molecular weight is 321 g/mol. The Kier molecular flexibility index (Phi) is 4.21. The first-order chi connectivity index (χ1) is 9.75. The lowest BCUT2D eigenvalue weighted by molar-refractivity contribution is -0.387. The Balaban J connectivity index is 2.54. The molecule has 1 aliphatic rings. The van der Waals surface area contributed by atoms with E-state index in [1.54, 1.807) is 0 Å². The van der Waals surface area contributed by atoms with Crippen LogP contribution in [0.5, 0.6) is 0 Å². The van der Waals surface area contributed by atoms with Crippen LogP contribution in [0.1, 0.15) is 19.3 Å². The van der Waals surface area contributed by atoms with E-state index < -0.39 is 43.3 Å². The number of nitro benzene ring substituents is 1. The summed E-state index contributed by atoms with van der Waals surface area (Å²) in [5.74, 6) is -2.81. The van der Waals surface area contributed by atoms with E-state index in [0.29, 0.717) is 18.9 Å². The highest BCUT2D eigenvalue weighted by Gasteiger charge is 2.35. The fourth-order valence-electron chi connectivity index (χ4n) is 2.21. The molecule has 0 spiro atoms. The lowest BCUT2D eigenvalue weighted by Crippen LogP contribution is -2.48. The van der Waals surface area contributed by atoms with Gasteiger partial charge in [0.05, 0.1) is 11.1 Å². The van der Waals surface area contributed by atoms with Crippen LogP contribution < -0.4 is 5.73 Å². The summed E-state index contributed by atoms with van der Waals surface area (Å²) < 4.78 is 52.7. The highest BCUT2D eigenvalue weighted by molar-refractivity contribution is 7.89. The van der Waals surface area contributed by atoms with E-state index in [1.165, 1.54) is 0 Å². The smallest absolute Gasteiger partial charge is 0.306 e. The van der Waals surface area contributed by atoms with Gasteiger partial charge in [-0.25, -0.2) is 12.8 Å². The fourth-order valence-corrected chi connectivity index (χ4v) is 3.86. The van der Waals surface area contributed by atoms with E-state index in [0.717, 1.165) is 10.7 Å². The molecule has 1 heterocycles. The highest BCUT2D eigenvalue weighted by Crippen LogP contribution is 2.29. The summed E-state index contributed by atoms with van der Waals surface area (Å²) in [4.78, 5) is 8.62. The Morgan fingerprint density at radius 3 is 2.52 bits per heavy atom. The molecule has 1 aromatic rings. The number of piperidine rings is 1. The molecule has 2 N–H and O–H groups in total. The van der Waals surface area contributed by atoms with Crippen LogP contribution in [-0.4, -0.2) is 30.4 Å². The van der Waals surface area contributed by atoms with Gasteiger partial charge in [0.2, 0.25) is 15.8 Å². The van der Waals surface area contributed by atoms with Gasteiger partial charge in [-0.1, -0.05) is 0 Å². The predicted molar refractivity (Wildman–Crippen MR) is 68.7 cm³/mol. The second kappa shape index (κ2) is 5.62. The van der Waals surface area contributed by atoms with E-state index in [-0.39, 0.29) is 12.6 Å². The molecule has 10 heteroatoms. The van der Waals surface area contributed by atoms with Crippen molar-refractivity contribution in [3.05, 3.63) is 33.9 Å². The summed E-state index contributed by atoms with van der Waals surface area (Å²) in [5, 5.41) is 10.7. The normalized spacial score (nSPS) is 20.4. The van der Waals surface area contributed by atoms with Crippen molar-refractivity contribution in [3.63, 3.8) is 0 Å². The summed E-state index contributed by atoms with van der Waals surface area (Å²) in [6, 6.07) is 0.585. The SMILES string of the molecule is NC1CCCCN1S(=O)(=O)c1cc([N+](=O)[O-])c(F)cc1F. The number of benzene rings is 1. The van der Waals surface area contributed by atoms with Crippen molar-refractivity contribution in [2.45, 2.75) is 30.3 Å². The summed E-state index contributed by atoms with van der Waals surface area (Å²) >= 11 is 0. The largest absolute Gasteiger partial charge is 0.315 e. The molecule has 1 aliphatic heterocycles. The van der Waals surface area contributed by atoms with E-state index in [9.17, 15) is 27.3 Å². The van der Waals surface area contributed by atoms with Gasteiger partial charge in [-0.05, 0) is 19.3 Å². The molecule has 116 valence electrons. The zero-order valence-corrected chi connectivity index (χ0v) is 11.6. The number of nitrogens with zero attached hydrogens (tertiary/aromatic N) is 2. The van der Waals surface area contributed by atoms with E-state index in [2.05, 4.69) is 0 Å². The minimum absolute atomic E-state index is 0.0914. The van der Waals surface area contributed by atoms with Crippen LogP contribution in [0, 0.1) is 21.7 Å². The first kappa shape index (κ1) is 15.7. The fraction of sp³-hybridized carbons (Fsp3) is 0.455. The van der Waals surface area contributed by atoms with Gasteiger partial charge in [0.15, 0.2) is 0 Å². The van der Waals surface area contributed by atoms with Gasteiger partial charge in [0.25, 0.3) is 0 Å². The Labute approximate surface area is 119 Å². The number of sulfonamides is 1. The third-order valence-corrected chi connectivity index (χ3v) is 5.22. The Morgan fingerprint density at radius 2 is 1.95 bits per heavy atom. The minimum atomic E-state index is -4.35. The van der Waals surface area contributed by atoms with Crippen molar-refractivity contribution in [1.82, 2.24) is 4.31 Å². The molecule has 0 radical (unpaired) electrons. The monoisotopic (exact) mass is 321 g/mol. The van der Waals surface area contributed by atoms with Gasteiger partial charge in [-0.2, -0.15) is 8.70 Å². The van der Waals surface area contributed by atoms with Gasteiger partial charge >= 0.3 is 5.69 Å². The molecule has 1 unspecified atom stereocenters. The van der Waals surface area contributed by atoms with Crippen molar-refractivity contribution >= 4 is 15.7 Å². The summed E-state index contributed by atoms with van der Waals surface area (Å²) in [5.41, 5.74) is 4.60. The number of rotatable bonds is 3. The summed E-state index contributed by atoms with van der Waals surface area (Å²) in [6.07, 6.45) is 0.869. The second-order valence-electron chi connectivity index (χ2n) is 4.67. The maximum absolute atomic E-state index is 13.8. The molecule has 0 bridgehead atoms. The topological polar surface area (TPSA) is 107 Å². The van der Waals surface area contributed by atoms with E-state index in [1.807, 2.05) is 0 Å². The third-order valence-electron chi connectivity index (χ3n) is 3.28. The van der Waals surface area contributed by atoms with Crippen molar-refractivity contribution in [2.24, 2.45) is 5.73 Å². The maximum atomic E-state index is 13.8. The van der Waals surface area contributed by atoms with Crippen LogP contribution in [0.4, 0.5) is 14.5 Å². The van der Waals surface area contributed by atoms with E-state index >= 15 is 0 Å². The zero-order valence-electron chi connectivity index (χ0n) is 10.8. The Hall–Kier alpha value is -1.65. The van der Waals surface area contributed by atoms with Crippen LogP contribution in [-0.2, 0) is 10.0 Å². The van der Waals surface area contributed by atoms with Gasteiger partial charge in [-0.3, -0.25) is 10.1 Å². The third kappa shape index (κ3) is 2.87. The van der Waals surface area contributed by atoms with Crippen LogP contribution in [0.15, 0.2) is 17.0 Å². The summed E-state index contributed by atoms with van der Waals surface area (Å²) in [7, 11) is -4.35. The number of nitro groups is 1. The molecule has 0 aromatic heterocycles. The van der Waals surface area contributed by atoms with Crippen molar-refractivity contribution < 1.29 is 22.1 Å². The molecule has 1 fully saturated rings. The molecule has 2 rings (SSSR count). The maximum Gasteiger partial charge on any atom is 0.306 e. The van der Waals surface area contributed by atoms with Crippen molar-refractivity contribution in [1.29, 1.82) is 0 Å². The van der Waals surface area contributed by atoms with Crippen molar-refractivity contribution in [3.8, 4) is 0 Å². The molecule has 1 saturated heterocycles. The second-order valence-corrected chi connectivity index (χ2v) is 6.53.